The SMILES string of the molecule is CNCc1cc(Cl)cc(OC)c1OCCN(C)C. The Kier molecular flexibility index (Phi) is 6.25. The van der Waals surface area contributed by atoms with E-state index in [0.29, 0.717) is 23.9 Å². The van der Waals surface area contributed by atoms with Crippen LogP contribution in [0.3, 0.4) is 0 Å². The smallest absolute Gasteiger partial charge is 0.165 e. The van der Waals surface area contributed by atoms with Crippen LogP contribution in [-0.2, 0) is 6.54 Å². The van der Waals surface area contributed by atoms with Crippen LogP contribution in [0.1, 0.15) is 5.56 Å². The predicted octanol–water partition coefficient (Wildman–Crippen LogP) is 2.01. The molecule has 0 saturated heterocycles. The zero-order valence-electron chi connectivity index (χ0n) is 11.4. The van der Waals surface area contributed by atoms with Crippen molar-refractivity contribution in [1.82, 2.24) is 10.2 Å². The summed E-state index contributed by atoms with van der Waals surface area (Å²) in [5.74, 6) is 1.43. The van der Waals surface area contributed by atoms with Crippen LogP contribution < -0.4 is 14.8 Å². The standard InChI is InChI=1S/C13H21ClN2O2/c1-15-9-10-7-11(14)8-12(17-4)13(10)18-6-5-16(2)3/h7-8,15H,5-6,9H2,1-4H3. The highest BCUT2D eigenvalue weighted by atomic mass is 35.5. The molecule has 1 N–H and O–H groups in total. The molecule has 1 aromatic rings. The molecule has 1 rings (SSSR count). The van der Waals surface area contributed by atoms with E-state index in [2.05, 4.69) is 10.2 Å². The van der Waals surface area contributed by atoms with Gasteiger partial charge in [0, 0.05) is 29.7 Å². The first kappa shape index (κ1) is 15.1. The Morgan fingerprint density at radius 1 is 1.33 bits per heavy atom. The molecule has 5 heteroatoms. The van der Waals surface area contributed by atoms with E-state index < -0.39 is 0 Å². The highest BCUT2D eigenvalue weighted by molar-refractivity contribution is 6.30. The van der Waals surface area contributed by atoms with Gasteiger partial charge in [0.25, 0.3) is 0 Å². The summed E-state index contributed by atoms with van der Waals surface area (Å²) in [7, 11) is 7.53. The molecular formula is C13H21ClN2O2. The van der Waals surface area contributed by atoms with E-state index in [-0.39, 0.29) is 0 Å². The lowest BCUT2D eigenvalue weighted by Gasteiger charge is -2.17. The van der Waals surface area contributed by atoms with Crippen molar-refractivity contribution in [3.8, 4) is 11.5 Å². The van der Waals surface area contributed by atoms with Crippen molar-refractivity contribution in [2.24, 2.45) is 0 Å². The average molecular weight is 273 g/mol. The van der Waals surface area contributed by atoms with E-state index in [0.717, 1.165) is 17.9 Å². The molecule has 0 bridgehead atoms. The molecule has 0 aliphatic rings. The highest BCUT2D eigenvalue weighted by Gasteiger charge is 2.12. The first-order valence-corrected chi connectivity index (χ1v) is 6.24. The van der Waals surface area contributed by atoms with E-state index in [1.165, 1.54) is 0 Å². The first-order chi connectivity index (χ1) is 8.58. The summed E-state index contributed by atoms with van der Waals surface area (Å²) in [6.45, 7) is 2.15. The third-order valence-electron chi connectivity index (χ3n) is 2.47. The molecule has 102 valence electrons. The third kappa shape index (κ3) is 4.37. The van der Waals surface area contributed by atoms with E-state index in [4.69, 9.17) is 21.1 Å². The maximum absolute atomic E-state index is 6.05. The topological polar surface area (TPSA) is 33.7 Å². The number of hydrogen-bond acceptors (Lipinski definition) is 4. The van der Waals surface area contributed by atoms with Gasteiger partial charge in [-0.2, -0.15) is 0 Å². The monoisotopic (exact) mass is 272 g/mol. The number of nitrogens with zero attached hydrogens (tertiary/aromatic N) is 1. The normalized spacial score (nSPS) is 10.8. The van der Waals surface area contributed by atoms with Gasteiger partial charge in [0.1, 0.15) is 6.61 Å². The van der Waals surface area contributed by atoms with Crippen LogP contribution in [0.15, 0.2) is 12.1 Å². The summed E-state index contributed by atoms with van der Waals surface area (Å²) in [5, 5.41) is 3.75. The maximum Gasteiger partial charge on any atom is 0.165 e. The van der Waals surface area contributed by atoms with Gasteiger partial charge in [-0.25, -0.2) is 0 Å². The van der Waals surface area contributed by atoms with Crippen LogP contribution in [0.25, 0.3) is 0 Å². The summed E-state index contributed by atoms with van der Waals surface area (Å²) in [5.41, 5.74) is 1.00. The second-order valence-corrected chi connectivity index (χ2v) is 4.71. The molecule has 18 heavy (non-hydrogen) atoms. The minimum Gasteiger partial charge on any atom is -0.493 e. The Labute approximate surface area is 114 Å². The Morgan fingerprint density at radius 2 is 2.06 bits per heavy atom. The Balaban J connectivity index is 2.90. The lowest BCUT2D eigenvalue weighted by atomic mass is 10.2. The highest BCUT2D eigenvalue weighted by Crippen LogP contribution is 2.34. The number of likely N-dealkylation sites (N-methyl/N-ethyl adjacent to an activating group) is 1. The van der Waals surface area contributed by atoms with E-state index in [1.807, 2.05) is 27.2 Å². The Morgan fingerprint density at radius 3 is 2.61 bits per heavy atom. The number of hydrogen-bond donors (Lipinski definition) is 1. The fraction of sp³-hybridized carbons (Fsp3) is 0.538. The molecule has 0 amide bonds. The van der Waals surface area contributed by atoms with E-state index in [1.54, 1.807) is 13.2 Å². The number of nitrogens with one attached hydrogen (secondary N) is 1. The van der Waals surface area contributed by atoms with Gasteiger partial charge in [-0.1, -0.05) is 11.6 Å². The quantitative estimate of drug-likeness (QED) is 0.823. The summed E-state index contributed by atoms with van der Waals surface area (Å²) in [6, 6.07) is 3.66. The van der Waals surface area contributed by atoms with Gasteiger partial charge in [-0.15, -0.1) is 0 Å². The second-order valence-electron chi connectivity index (χ2n) is 4.28. The number of benzene rings is 1. The molecule has 0 aromatic heterocycles. The minimum absolute atomic E-state index is 0.613. The second kappa shape index (κ2) is 7.46. The van der Waals surface area contributed by atoms with Crippen molar-refractivity contribution in [3.63, 3.8) is 0 Å². The lowest BCUT2D eigenvalue weighted by molar-refractivity contribution is 0.248. The van der Waals surface area contributed by atoms with Crippen LogP contribution in [0, 0.1) is 0 Å². The molecule has 4 nitrogen and oxygen atoms in total. The molecular weight excluding hydrogens is 252 g/mol. The van der Waals surface area contributed by atoms with Crippen molar-refractivity contribution in [2.75, 3.05) is 41.4 Å². The largest absolute Gasteiger partial charge is 0.493 e. The van der Waals surface area contributed by atoms with Crippen molar-refractivity contribution in [2.45, 2.75) is 6.54 Å². The molecule has 0 saturated carbocycles. The van der Waals surface area contributed by atoms with Gasteiger partial charge in [0.05, 0.1) is 7.11 Å². The van der Waals surface area contributed by atoms with Gasteiger partial charge in [0.2, 0.25) is 0 Å². The molecule has 1 aromatic carbocycles. The zero-order valence-corrected chi connectivity index (χ0v) is 12.2. The Hall–Kier alpha value is -0.970. The number of ether oxygens (including phenoxy) is 2. The number of halogens is 1. The molecule has 0 aliphatic carbocycles. The third-order valence-corrected chi connectivity index (χ3v) is 2.69. The van der Waals surface area contributed by atoms with Gasteiger partial charge < -0.3 is 19.7 Å². The van der Waals surface area contributed by atoms with E-state index in [9.17, 15) is 0 Å². The van der Waals surface area contributed by atoms with Crippen LogP contribution in [0.5, 0.6) is 11.5 Å². The molecule has 0 unspecified atom stereocenters. The van der Waals surface area contributed by atoms with Gasteiger partial charge in [-0.05, 0) is 27.2 Å². The van der Waals surface area contributed by atoms with E-state index >= 15 is 0 Å². The van der Waals surface area contributed by atoms with Crippen molar-refractivity contribution >= 4 is 11.6 Å². The fourth-order valence-electron chi connectivity index (χ4n) is 1.59. The minimum atomic E-state index is 0.613. The number of methoxy groups -OCH3 is 1. The number of rotatable bonds is 7. The van der Waals surface area contributed by atoms with Crippen molar-refractivity contribution in [3.05, 3.63) is 22.7 Å². The molecule has 0 heterocycles. The summed E-state index contributed by atoms with van der Waals surface area (Å²) < 4.78 is 11.1. The van der Waals surface area contributed by atoms with Crippen LogP contribution >= 0.6 is 11.6 Å². The Bertz CT molecular complexity index is 383. The van der Waals surface area contributed by atoms with Crippen LogP contribution in [0.4, 0.5) is 0 Å². The van der Waals surface area contributed by atoms with Crippen LogP contribution in [-0.4, -0.2) is 46.3 Å². The molecule has 0 spiro atoms. The van der Waals surface area contributed by atoms with Crippen LogP contribution in [0.2, 0.25) is 5.02 Å². The van der Waals surface area contributed by atoms with Gasteiger partial charge in [0.15, 0.2) is 11.5 Å². The van der Waals surface area contributed by atoms with Crippen molar-refractivity contribution < 1.29 is 9.47 Å². The molecule has 0 fully saturated rings. The molecule has 0 radical (unpaired) electrons. The van der Waals surface area contributed by atoms with Gasteiger partial charge in [-0.3, -0.25) is 0 Å². The first-order valence-electron chi connectivity index (χ1n) is 5.87. The predicted molar refractivity (Wildman–Crippen MR) is 74.8 cm³/mol. The lowest BCUT2D eigenvalue weighted by Crippen LogP contribution is -2.20. The summed E-state index contributed by atoms with van der Waals surface area (Å²) in [6.07, 6.45) is 0. The molecule has 0 aliphatic heterocycles. The molecule has 0 atom stereocenters. The maximum atomic E-state index is 6.05. The van der Waals surface area contributed by atoms with Gasteiger partial charge >= 0.3 is 0 Å². The average Bonchev–Trinajstić information content (AvgIpc) is 2.31. The zero-order chi connectivity index (χ0) is 13.5. The fourth-order valence-corrected chi connectivity index (χ4v) is 1.82. The summed E-state index contributed by atoms with van der Waals surface area (Å²) in [4.78, 5) is 2.07. The summed E-state index contributed by atoms with van der Waals surface area (Å²) >= 11 is 6.05. The van der Waals surface area contributed by atoms with Crippen molar-refractivity contribution in [1.29, 1.82) is 0 Å².